The monoisotopic (exact) mass is 475 g/mol. The number of hydrogen-bond acceptors (Lipinski definition) is 9. The van der Waals surface area contributed by atoms with E-state index in [4.69, 9.17) is 5.73 Å². The molecule has 1 saturated carbocycles. The molecule has 1 aromatic carbocycles. The summed E-state index contributed by atoms with van der Waals surface area (Å²) in [6, 6.07) is 2.42. The number of carbonyl (C=O) groups excluding carboxylic acids is 3. The zero-order chi connectivity index (χ0) is 25.5. The highest BCUT2D eigenvalue weighted by atomic mass is 16.3. The summed E-state index contributed by atoms with van der Waals surface area (Å²) in [4.78, 5) is 41.8. The minimum Gasteiger partial charge on any atom is -0.507 e. The Morgan fingerprint density at radius 2 is 1.85 bits per heavy atom. The third-order valence-corrected chi connectivity index (χ3v) is 6.97. The Morgan fingerprint density at radius 3 is 2.38 bits per heavy atom. The van der Waals surface area contributed by atoms with Crippen LogP contribution in [-0.4, -0.2) is 94.1 Å². The largest absolute Gasteiger partial charge is 0.507 e. The van der Waals surface area contributed by atoms with Crippen LogP contribution in [0.2, 0.25) is 0 Å². The van der Waals surface area contributed by atoms with Gasteiger partial charge in [-0.2, -0.15) is 0 Å². The summed E-state index contributed by atoms with van der Waals surface area (Å²) in [5.74, 6) is -5.43. The number of Topliss-reactive ketones (excluding diaryl/α,β-unsaturated/α-hetero) is 2. The molecule has 4 atom stereocenters. The number of benzene rings is 1. The maximum absolute atomic E-state index is 13.7. The molecule has 1 amide bonds. The molecular weight excluding hydrogens is 442 g/mol. The Balaban J connectivity index is 2.23. The first-order valence-electron chi connectivity index (χ1n) is 11.1. The van der Waals surface area contributed by atoms with Crippen molar-refractivity contribution in [3.63, 3.8) is 0 Å². The van der Waals surface area contributed by atoms with Gasteiger partial charge in [-0.05, 0) is 64.1 Å². The van der Waals surface area contributed by atoms with Crippen LogP contribution in [0.5, 0.6) is 5.75 Å². The molecular formula is C24H33N3O7. The predicted molar refractivity (Wildman–Crippen MR) is 124 cm³/mol. The predicted octanol–water partition coefficient (Wildman–Crippen LogP) is -0.418. The normalized spacial score (nSPS) is 25.4. The van der Waals surface area contributed by atoms with Gasteiger partial charge < -0.3 is 36.0 Å². The standard InChI is InChI=1S/C24H33N3O7/c1-26(2)10-12-5-6-17(29)21-14(12)7-13-8-15(16(11-28)27(3)4)24(34,18(30)9-19(25)31)23(33)20(13)22(21)32/h5-6,13,15-16,28-29,32,34H,7-11H2,1-4H3,(H2,25,31)/t13-,15-,16?,24+/m0/s1. The molecule has 10 nitrogen and oxygen atoms in total. The number of carbonyl (C=O) groups is 3. The van der Waals surface area contributed by atoms with E-state index in [0.29, 0.717) is 18.5 Å². The second kappa shape index (κ2) is 9.46. The first kappa shape index (κ1) is 25.8. The molecule has 0 bridgehead atoms. The van der Waals surface area contributed by atoms with Crippen LogP contribution in [0, 0.1) is 11.8 Å². The van der Waals surface area contributed by atoms with Gasteiger partial charge in [0.05, 0.1) is 18.6 Å². The Hall–Kier alpha value is -2.79. The molecule has 0 radical (unpaired) electrons. The zero-order valence-electron chi connectivity index (χ0n) is 19.9. The van der Waals surface area contributed by atoms with Gasteiger partial charge in [0.1, 0.15) is 11.5 Å². The smallest absolute Gasteiger partial charge is 0.225 e. The number of rotatable bonds is 8. The maximum atomic E-state index is 13.7. The first-order valence-corrected chi connectivity index (χ1v) is 11.1. The summed E-state index contributed by atoms with van der Waals surface area (Å²) >= 11 is 0. The van der Waals surface area contributed by atoms with Crippen LogP contribution < -0.4 is 5.73 Å². The van der Waals surface area contributed by atoms with E-state index in [0.717, 1.165) is 5.56 Å². The summed E-state index contributed by atoms with van der Waals surface area (Å²) < 4.78 is 0. The van der Waals surface area contributed by atoms with Crippen LogP contribution in [0.25, 0.3) is 5.76 Å². The molecule has 186 valence electrons. The van der Waals surface area contributed by atoms with Gasteiger partial charge in [0.15, 0.2) is 11.4 Å². The number of aliphatic hydroxyl groups excluding tert-OH is 2. The molecule has 1 fully saturated rings. The number of aliphatic hydroxyl groups is 3. The number of phenols is 1. The van der Waals surface area contributed by atoms with E-state index in [-0.39, 0.29) is 23.3 Å². The van der Waals surface area contributed by atoms with Gasteiger partial charge in [-0.1, -0.05) is 6.07 Å². The van der Waals surface area contributed by atoms with E-state index in [1.165, 1.54) is 6.07 Å². The fourth-order valence-corrected chi connectivity index (χ4v) is 5.40. The number of ketones is 2. The number of amides is 1. The zero-order valence-corrected chi connectivity index (χ0v) is 19.9. The molecule has 0 spiro atoms. The van der Waals surface area contributed by atoms with Crippen LogP contribution in [0.4, 0.5) is 0 Å². The van der Waals surface area contributed by atoms with Gasteiger partial charge in [0, 0.05) is 24.1 Å². The van der Waals surface area contributed by atoms with Gasteiger partial charge in [0.2, 0.25) is 11.7 Å². The Bertz CT molecular complexity index is 1050. The van der Waals surface area contributed by atoms with Gasteiger partial charge in [-0.15, -0.1) is 0 Å². The summed E-state index contributed by atoms with van der Waals surface area (Å²) in [5.41, 5.74) is 4.01. The van der Waals surface area contributed by atoms with Crippen molar-refractivity contribution in [1.82, 2.24) is 9.80 Å². The van der Waals surface area contributed by atoms with Crippen LogP contribution in [0.15, 0.2) is 17.7 Å². The van der Waals surface area contributed by atoms with E-state index >= 15 is 0 Å². The molecule has 10 heteroatoms. The number of nitrogens with two attached hydrogens (primary N) is 1. The minimum atomic E-state index is -2.67. The lowest BCUT2D eigenvalue weighted by molar-refractivity contribution is -0.163. The summed E-state index contributed by atoms with van der Waals surface area (Å²) in [7, 11) is 7.07. The number of likely N-dealkylation sites (N-methyl/N-ethyl adjacent to an activating group) is 1. The van der Waals surface area contributed by atoms with Crippen LogP contribution in [0.1, 0.15) is 29.5 Å². The SMILES string of the molecule is CN(C)Cc1ccc(O)c2c1C[C@H]1C[C@@H](C(CO)N(C)C)[C@@](O)(C(=O)CC(N)=O)C(=O)C1=C2O. The second-order valence-electron chi connectivity index (χ2n) is 9.72. The molecule has 6 N–H and O–H groups in total. The summed E-state index contributed by atoms with van der Waals surface area (Å²) in [5, 5.41) is 43.3. The molecule has 0 heterocycles. The average molecular weight is 476 g/mol. The molecule has 1 unspecified atom stereocenters. The van der Waals surface area contributed by atoms with Crippen molar-refractivity contribution >= 4 is 23.2 Å². The highest BCUT2D eigenvalue weighted by Crippen LogP contribution is 2.49. The van der Waals surface area contributed by atoms with Gasteiger partial charge >= 0.3 is 0 Å². The topological polar surface area (TPSA) is 165 Å². The van der Waals surface area contributed by atoms with Crippen molar-refractivity contribution in [2.45, 2.75) is 37.5 Å². The Kier molecular flexibility index (Phi) is 7.18. The minimum absolute atomic E-state index is 0.0893. The quantitative estimate of drug-likeness (QED) is 0.314. The van der Waals surface area contributed by atoms with Gasteiger partial charge in [-0.3, -0.25) is 14.4 Å². The van der Waals surface area contributed by atoms with Gasteiger partial charge in [0.25, 0.3) is 0 Å². The van der Waals surface area contributed by atoms with Crippen molar-refractivity contribution in [2.75, 3.05) is 34.8 Å². The third kappa shape index (κ3) is 4.22. The third-order valence-electron chi connectivity index (χ3n) is 6.97. The lowest BCUT2D eigenvalue weighted by Gasteiger charge is -2.47. The fraction of sp³-hybridized carbons (Fsp3) is 0.542. The van der Waals surface area contributed by atoms with Crippen molar-refractivity contribution in [3.05, 3.63) is 34.4 Å². The van der Waals surface area contributed by atoms with Gasteiger partial charge in [-0.25, -0.2) is 0 Å². The molecule has 0 saturated heterocycles. The Labute approximate surface area is 198 Å². The van der Waals surface area contributed by atoms with Crippen LogP contribution in [-0.2, 0) is 27.3 Å². The maximum Gasteiger partial charge on any atom is 0.225 e. The highest BCUT2D eigenvalue weighted by Gasteiger charge is 2.60. The molecule has 2 aliphatic carbocycles. The number of nitrogens with zero attached hydrogens (tertiary/aromatic N) is 2. The average Bonchev–Trinajstić information content (AvgIpc) is 2.72. The van der Waals surface area contributed by atoms with E-state index in [1.807, 2.05) is 19.0 Å². The number of primary amides is 1. The summed E-state index contributed by atoms with van der Waals surface area (Å²) in [6.45, 7) is 0.0887. The number of hydrogen-bond donors (Lipinski definition) is 5. The molecule has 0 aliphatic heterocycles. The highest BCUT2D eigenvalue weighted by molar-refractivity contribution is 6.23. The van der Waals surface area contributed by atoms with Crippen molar-refractivity contribution in [1.29, 1.82) is 0 Å². The van der Waals surface area contributed by atoms with E-state index < -0.39 is 59.7 Å². The van der Waals surface area contributed by atoms with Crippen LogP contribution >= 0.6 is 0 Å². The van der Waals surface area contributed by atoms with Crippen molar-refractivity contribution in [2.24, 2.45) is 17.6 Å². The second-order valence-corrected chi connectivity index (χ2v) is 9.72. The molecule has 3 rings (SSSR count). The first-order chi connectivity index (χ1) is 15.8. The number of phenolic OH excluding ortho intramolecular Hbond substituents is 1. The molecule has 0 aromatic heterocycles. The van der Waals surface area contributed by atoms with E-state index in [2.05, 4.69) is 0 Å². The number of fused-ring (bicyclic) bond motifs is 2. The lowest BCUT2D eigenvalue weighted by atomic mass is 9.59. The summed E-state index contributed by atoms with van der Waals surface area (Å²) in [6.07, 6.45) is -0.482. The molecule has 2 aliphatic rings. The number of aromatic hydroxyl groups is 1. The lowest BCUT2D eigenvalue weighted by Crippen LogP contribution is -2.64. The van der Waals surface area contributed by atoms with Crippen LogP contribution in [0.3, 0.4) is 0 Å². The fourth-order valence-electron chi connectivity index (χ4n) is 5.40. The molecule has 34 heavy (non-hydrogen) atoms. The van der Waals surface area contributed by atoms with Crippen molar-refractivity contribution in [3.8, 4) is 5.75 Å². The Morgan fingerprint density at radius 1 is 1.21 bits per heavy atom. The van der Waals surface area contributed by atoms with E-state index in [1.54, 1.807) is 25.1 Å². The molecule has 1 aromatic rings. The van der Waals surface area contributed by atoms with E-state index in [9.17, 15) is 34.8 Å². The van der Waals surface area contributed by atoms with Crippen molar-refractivity contribution < 1.29 is 34.8 Å².